The van der Waals surface area contributed by atoms with Gasteiger partial charge in [0.15, 0.2) is 6.10 Å². The Morgan fingerprint density at radius 3 is 2.47 bits per heavy atom. The van der Waals surface area contributed by atoms with Gasteiger partial charge in [-0.2, -0.15) is 13.2 Å². The van der Waals surface area contributed by atoms with Gasteiger partial charge in [-0.25, -0.2) is 9.18 Å². The van der Waals surface area contributed by atoms with Crippen LogP contribution in [0.5, 0.6) is 5.75 Å². The maximum Gasteiger partial charge on any atom is 0.425 e. The normalized spacial score (nSPS) is 13.2. The predicted octanol–water partition coefficient (Wildman–Crippen LogP) is 2.85. The fraction of sp³-hybridized carbons (Fsp3) is 0.300. The van der Waals surface area contributed by atoms with Crippen LogP contribution in [0.3, 0.4) is 0 Å². The summed E-state index contributed by atoms with van der Waals surface area (Å²) in [5, 5.41) is 8.68. The van der Waals surface area contributed by atoms with Crippen LogP contribution in [-0.4, -0.2) is 23.4 Å². The Hall–Kier alpha value is -1.79. The zero-order chi connectivity index (χ0) is 13.2. The molecule has 1 atom stereocenters. The molecule has 0 aliphatic carbocycles. The number of carboxylic acid groups (broad SMARTS) is 1. The van der Waals surface area contributed by atoms with Crippen molar-refractivity contribution < 1.29 is 32.2 Å². The van der Waals surface area contributed by atoms with Crippen LogP contribution in [0.4, 0.5) is 17.6 Å². The number of hydrogen-bond donors (Lipinski definition) is 1. The quantitative estimate of drug-likeness (QED) is 0.841. The van der Waals surface area contributed by atoms with Crippen LogP contribution in [-0.2, 0) is 0 Å². The lowest BCUT2D eigenvalue weighted by Gasteiger charge is -2.18. The molecule has 1 unspecified atom stereocenters. The molecule has 17 heavy (non-hydrogen) atoms. The molecule has 0 spiro atoms. The number of rotatable bonds is 3. The fourth-order valence-electron chi connectivity index (χ4n) is 1.03. The predicted molar refractivity (Wildman–Crippen MR) is 49.5 cm³/mol. The van der Waals surface area contributed by atoms with Gasteiger partial charge in [0.05, 0.1) is 0 Å². The average Bonchev–Trinajstić information content (AvgIpc) is 2.18. The molecule has 0 amide bonds. The summed E-state index contributed by atoms with van der Waals surface area (Å²) in [6, 6.07) is 2.27. The fourth-order valence-corrected chi connectivity index (χ4v) is 1.03. The van der Waals surface area contributed by atoms with Gasteiger partial charge >= 0.3 is 12.1 Å². The summed E-state index contributed by atoms with van der Waals surface area (Å²) in [7, 11) is 0. The first-order valence-electron chi connectivity index (χ1n) is 4.48. The van der Waals surface area contributed by atoms with Gasteiger partial charge in [0, 0.05) is 0 Å². The Labute approximate surface area is 93.6 Å². The summed E-state index contributed by atoms with van der Waals surface area (Å²) in [5.74, 6) is -2.95. The first-order valence-corrected chi connectivity index (χ1v) is 4.48. The molecule has 0 saturated carbocycles. The van der Waals surface area contributed by atoms with Crippen LogP contribution in [0.15, 0.2) is 18.2 Å². The van der Waals surface area contributed by atoms with Crippen LogP contribution >= 0.6 is 0 Å². The summed E-state index contributed by atoms with van der Waals surface area (Å²) in [6.45, 7) is 0.731. The van der Waals surface area contributed by atoms with Crippen molar-refractivity contribution in [2.24, 2.45) is 0 Å². The summed E-state index contributed by atoms with van der Waals surface area (Å²) >= 11 is 0. The molecular formula is C10H8F4O3. The second kappa shape index (κ2) is 4.60. The Morgan fingerprint density at radius 1 is 1.41 bits per heavy atom. The summed E-state index contributed by atoms with van der Waals surface area (Å²) in [4.78, 5) is 10.7. The number of alkyl halides is 3. The van der Waals surface area contributed by atoms with E-state index in [1.807, 2.05) is 0 Å². The monoisotopic (exact) mass is 252 g/mol. The van der Waals surface area contributed by atoms with Crippen LogP contribution < -0.4 is 4.74 Å². The van der Waals surface area contributed by atoms with Crippen molar-refractivity contribution in [3.8, 4) is 5.75 Å². The molecule has 7 heteroatoms. The van der Waals surface area contributed by atoms with Crippen LogP contribution in [0.25, 0.3) is 0 Å². The van der Waals surface area contributed by atoms with E-state index in [2.05, 4.69) is 4.74 Å². The molecule has 0 radical (unpaired) electrons. The lowest BCUT2D eigenvalue weighted by Crippen LogP contribution is -2.31. The molecule has 1 N–H and O–H groups in total. The minimum atomic E-state index is -4.62. The molecule has 1 rings (SSSR count). The van der Waals surface area contributed by atoms with Crippen molar-refractivity contribution in [1.82, 2.24) is 0 Å². The SMILES string of the molecule is CC(Oc1ccc(F)cc1C(=O)O)C(F)(F)F. The summed E-state index contributed by atoms with van der Waals surface area (Å²) in [5.41, 5.74) is -0.652. The molecule has 94 valence electrons. The minimum Gasteiger partial charge on any atom is -0.480 e. The van der Waals surface area contributed by atoms with Gasteiger partial charge < -0.3 is 9.84 Å². The Bertz CT molecular complexity index is 428. The highest BCUT2D eigenvalue weighted by atomic mass is 19.4. The van der Waals surface area contributed by atoms with Crippen molar-refractivity contribution >= 4 is 5.97 Å². The van der Waals surface area contributed by atoms with Gasteiger partial charge in [-0.3, -0.25) is 0 Å². The number of carbonyl (C=O) groups is 1. The lowest BCUT2D eigenvalue weighted by atomic mass is 10.2. The third-order valence-electron chi connectivity index (χ3n) is 1.94. The number of benzene rings is 1. The zero-order valence-electron chi connectivity index (χ0n) is 8.58. The Kier molecular flexibility index (Phi) is 3.59. The smallest absolute Gasteiger partial charge is 0.425 e. The van der Waals surface area contributed by atoms with Gasteiger partial charge in [0.1, 0.15) is 17.1 Å². The highest BCUT2D eigenvalue weighted by molar-refractivity contribution is 5.90. The maximum atomic E-state index is 12.7. The molecule has 1 aromatic rings. The van der Waals surface area contributed by atoms with Crippen LogP contribution in [0.2, 0.25) is 0 Å². The number of carboxylic acids is 1. The highest BCUT2D eigenvalue weighted by Gasteiger charge is 2.38. The molecular weight excluding hydrogens is 244 g/mol. The number of hydrogen-bond acceptors (Lipinski definition) is 2. The van der Waals surface area contributed by atoms with Gasteiger partial charge in [-0.1, -0.05) is 0 Å². The Balaban J connectivity index is 3.03. The van der Waals surface area contributed by atoms with E-state index in [1.165, 1.54) is 0 Å². The molecule has 0 aliphatic rings. The van der Waals surface area contributed by atoms with E-state index in [0.29, 0.717) is 6.07 Å². The van der Waals surface area contributed by atoms with Gasteiger partial charge in [-0.05, 0) is 25.1 Å². The summed E-state index contributed by atoms with van der Waals surface area (Å²) < 4.78 is 53.8. The van der Waals surface area contributed by atoms with E-state index >= 15 is 0 Å². The van der Waals surface area contributed by atoms with E-state index in [9.17, 15) is 22.4 Å². The third-order valence-corrected chi connectivity index (χ3v) is 1.94. The number of ether oxygens (including phenoxy) is 1. The second-order valence-corrected chi connectivity index (χ2v) is 3.25. The topological polar surface area (TPSA) is 46.5 Å². The second-order valence-electron chi connectivity index (χ2n) is 3.25. The van der Waals surface area contributed by atoms with Crippen molar-refractivity contribution in [3.05, 3.63) is 29.6 Å². The molecule has 0 saturated heterocycles. The maximum absolute atomic E-state index is 12.7. The highest BCUT2D eigenvalue weighted by Crippen LogP contribution is 2.27. The molecule has 0 aromatic heterocycles. The van der Waals surface area contributed by atoms with Crippen molar-refractivity contribution in [2.75, 3.05) is 0 Å². The first kappa shape index (κ1) is 13.3. The Morgan fingerprint density at radius 2 is 2.00 bits per heavy atom. The minimum absolute atomic E-state index is 0.524. The van der Waals surface area contributed by atoms with E-state index in [-0.39, 0.29) is 0 Å². The summed E-state index contributed by atoms with van der Waals surface area (Å²) in [6.07, 6.45) is -6.80. The van der Waals surface area contributed by atoms with Gasteiger partial charge in [0.25, 0.3) is 0 Å². The van der Waals surface area contributed by atoms with E-state index < -0.39 is 35.4 Å². The van der Waals surface area contributed by atoms with E-state index in [4.69, 9.17) is 5.11 Å². The van der Waals surface area contributed by atoms with Crippen LogP contribution in [0.1, 0.15) is 17.3 Å². The van der Waals surface area contributed by atoms with Crippen molar-refractivity contribution in [2.45, 2.75) is 19.2 Å². The van der Waals surface area contributed by atoms with Gasteiger partial charge in [-0.15, -0.1) is 0 Å². The standard InChI is InChI=1S/C10H8F4O3/c1-5(10(12,13)14)17-8-3-2-6(11)4-7(8)9(15)16/h2-5H,1H3,(H,15,16). The number of aromatic carboxylic acids is 1. The molecule has 0 fully saturated rings. The van der Waals surface area contributed by atoms with Gasteiger partial charge in [0.2, 0.25) is 0 Å². The molecule has 0 aliphatic heterocycles. The molecule has 3 nitrogen and oxygen atoms in total. The third kappa shape index (κ3) is 3.33. The zero-order valence-corrected chi connectivity index (χ0v) is 8.58. The van der Waals surface area contributed by atoms with Crippen molar-refractivity contribution in [3.63, 3.8) is 0 Å². The van der Waals surface area contributed by atoms with Crippen LogP contribution in [0, 0.1) is 5.82 Å². The van der Waals surface area contributed by atoms with Crippen molar-refractivity contribution in [1.29, 1.82) is 0 Å². The van der Waals surface area contributed by atoms with E-state index in [1.54, 1.807) is 0 Å². The van der Waals surface area contributed by atoms with E-state index in [0.717, 1.165) is 19.1 Å². The average molecular weight is 252 g/mol. The largest absolute Gasteiger partial charge is 0.480 e. The lowest BCUT2D eigenvalue weighted by molar-refractivity contribution is -0.189. The number of halogens is 4. The molecule has 0 heterocycles. The molecule has 0 bridgehead atoms. The first-order chi connectivity index (χ1) is 7.71. The molecule has 1 aromatic carbocycles.